The molecule has 0 fully saturated rings. The van der Waals surface area contributed by atoms with E-state index in [1.807, 2.05) is 24.3 Å². The summed E-state index contributed by atoms with van der Waals surface area (Å²) in [4.78, 5) is 0. The molecule has 6 heteroatoms. The fourth-order valence-electron chi connectivity index (χ4n) is 6.21. The molecule has 0 saturated heterocycles. The SMILES string of the molecule is Cc1ccc(Nc2ccc(OCC(Cc3ccccc3)Oc3ccc(Nc4ccc(C)cc4)cc3Nc3ccc(C)cc3)c(Nc3ccc(C)cc3)c2)cc1. The van der Waals surface area contributed by atoms with Gasteiger partial charge >= 0.3 is 0 Å². The van der Waals surface area contributed by atoms with E-state index in [2.05, 4.69) is 188 Å². The van der Waals surface area contributed by atoms with E-state index in [0.717, 1.165) is 62.6 Å². The van der Waals surface area contributed by atoms with Crippen molar-refractivity contribution in [3.05, 3.63) is 192 Å². The molecule has 0 aliphatic rings. The Balaban J connectivity index is 1.17. The summed E-state index contributed by atoms with van der Waals surface area (Å²) in [6, 6.07) is 56.3. The quantitative estimate of drug-likeness (QED) is 0.0844. The van der Waals surface area contributed by atoms with Gasteiger partial charge in [0.1, 0.15) is 24.2 Å². The monoisotopic (exact) mass is 724 g/mol. The molecule has 0 spiro atoms. The van der Waals surface area contributed by atoms with Gasteiger partial charge in [0.2, 0.25) is 0 Å². The summed E-state index contributed by atoms with van der Waals surface area (Å²) in [5.74, 6) is 1.46. The number of nitrogens with one attached hydrogen (secondary N) is 4. The minimum Gasteiger partial charge on any atom is -0.488 e. The zero-order valence-corrected chi connectivity index (χ0v) is 31.9. The lowest BCUT2D eigenvalue weighted by Gasteiger charge is -2.24. The Morgan fingerprint density at radius 1 is 0.400 bits per heavy atom. The second-order valence-corrected chi connectivity index (χ2v) is 14.1. The Bertz CT molecular complexity index is 2290. The van der Waals surface area contributed by atoms with E-state index in [0.29, 0.717) is 13.0 Å². The third kappa shape index (κ3) is 10.5. The first-order chi connectivity index (χ1) is 26.8. The summed E-state index contributed by atoms with van der Waals surface area (Å²) in [6.45, 7) is 8.68. The van der Waals surface area contributed by atoms with Gasteiger partial charge in [-0.15, -0.1) is 0 Å². The Hall–Kier alpha value is -6.66. The first-order valence-corrected chi connectivity index (χ1v) is 18.8. The van der Waals surface area contributed by atoms with Gasteiger partial charge in [-0.1, -0.05) is 101 Å². The van der Waals surface area contributed by atoms with Gasteiger partial charge in [0.15, 0.2) is 0 Å². The van der Waals surface area contributed by atoms with Gasteiger partial charge in [0.25, 0.3) is 0 Å². The van der Waals surface area contributed by atoms with Crippen LogP contribution in [0.1, 0.15) is 27.8 Å². The predicted octanol–water partition coefficient (Wildman–Crippen LogP) is 13.0. The molecule has 4 N–H and O–H groups in total. The first kappa shape index (κ1) is 36.7. The number of hydrogen-bond donors (Lipinski definition) is 4. The summed E-state index contributed by atoms with van der Waals surface area (Å²) < 4.78 is 13.6. The van der Waals surface area contributed by atoms with Crippen LogP contribution in [0.2, 0.25) is 0 Å². The third-order valence-corrected chi connectivity index (χ3v) is 9.33. The Morgan fingerprint density at radius 2 is 0.782 bits per heavy atom. The maximum absolute atomic E-state index is 6.92. The van der Waals surface area contributed by atoms with Crippen molar-refractivity contribution in [3.8, 4) is 11.5 Å². The zero-order chi connectivity index (χ0) is 38.0. The predicted molar refractivity (Wildman–Crippen MR) is 231 cm³/mol. The van der Waals surface area contributed by atoms with Crippen LogP contribution in [0.3, 0.4) is 0 Å². The van der Waals surface area contributed by atoms with Gasteiger partial charge < -0.3 is 30.7 Å². The zero-order valence-electron chi connectivity index (χ0n) is 31.9. The van der Waals surface area contributed by atoms with E-state index in [1.165, 1.54) is 22.3 Å². The fraction of sp³-hybridized carbons (Fsp3) is 0.143. The molecule has 0 bridgehead atoms. The highest BCUT2D eigenvalue weighted by atomic mass is 16.5. The molecule has 6 nitrogen and oxygen atoms in total. The fourth-order valence-corrected chi connectivity index (χ4v) is 6.21. The van der Waals surface area contributed by atoms with Crippen LogP contribution in [0.5, 0.6) is 11.5 Å². The molecule has 0 radical (unpaired) electrons. The van der Waals surface area contributed by atoms with Gasteiger partial charge in [-0.3, -0.25) is 0 Å². The average molecular weight is 725 g/mol. The maximum Gasteiger partial charge on any atom is 0.143 e. The number of anilines is 8. The highest BCUT2D eigenvalue weighted by Crippen LogP contribution is 2.35. The molecule has 1 atom stereocenters. The summed E-state index contributed by atoms with van der Waals surface area (Å²) in [6.07, 6.45) is 0.344. The van der Waals surface area contributed by atoms with Gasteiger partial charge in [0, 0.05) is 40.5 Å². The van der Waals surface area contributed by atoms with Crippen LogP contribution >= 0.6 is 0 Å². The smallest absolute Gasteiger partial charge is 0.143 e. The second kappa shape index (κ2) is 17.4. The standard InChI is InChI=1S/C49H48N4O2/c1-34-10-18-39(19-11-34)50-43-26-28-48(46(31-43)52-41-22-14-36(3)15-23-41)54-33-45(30-38-8-6-5-7-9-38)55-49-29-27-44(51-40-20-12-35(2)13-21-40)32-47(49)53-42-24-16-37(4)17-25-42/h5-29,31-32,45,50-53H,30,33H2,1-4H3. The molecule has 0 aromatic heterocycles. The van der Waals surface area contributed by atoms with Crippen LogP contribution in [0.4, 0.5) is 45.5 Å². The van der Waals surface area contributed by atoms with E-state index in [9.17, 15) is 0 Å². The second-order valence-electron chi connectivity index (χ2n) is 14.1. The van der Waals surface area contributed by atoms with Crippen molar-refractivity contribution in [1.29, 1.82) is 0 Å². The molecule has 0 amide bonds. The largest absolute Gasteiger partial charge is 0.488 e. The molecule has 0 heterocycles. The molecule has 276 valence electrons. The van der Waals surface area contributed by atoms with E-state index in [4.69, 9.17) is 9.47 Å². The van der Waals surface area contributed by atoms with Crippen molar-refractivity contribution >= 4 is 45.5 Å². The van der Waals surface area contributed by atoms with Crippen LogP contribution in [0.15, 0.2) is 164 Å². The molecule has 0 aliphatic heterocycles. The van der Waals surface area contributed by atoms with Crippen LogP contribution in [0.25, 0.3) is 0 Å². The van der Waals surface area contributed by atoms with Crippen molar-refractivity contribution < 1.29 is 9.47 Å². The molecule has 55 heavy (non-hydrogen) atoms. The lowest BCUT2D eigenvalue weighted by atomic mass is 10.1. The normalized spacial score (nSPS) is 11.3. The van der Waals surface area contributed by atoms with E-state index < -0.39 is 0 Å². The Morgan fingerprint density at radius 3 is 1.24 bits per heavy atom. The van der Waals surface area contributed by atoms with E-state index in [-0.39, 0.29) is 6.10 Å². The summed E-state index contributed by atoms with van der Waals surface area (Å²) in [5, 5.41) is 14.3. The molecule has 7 aromatic rings. The number of rotatable bonds is 15. The minimum atomic E-state index is -0.311. The molecule has 0 saturated carbocycles. The van der Waals surface area contributed by atoms with Crippen molar-refractivity contribution in [1.82, 2.24) is 0 Å². The number of hydrogen-bond acceptors (Lipinski definition) is 6. The molecular weight excluding hydrogens is 677 g/mol. The van der Waals surface area contributed by atoms with Crippen LogP contribution in [0, 0.1) is 27.7 Å². The Kier molecular flexibility index (Phi) is 11.6. The minimum absolute atomic E-state index is 0.311. The maximum atomic E-state index is 6.92. The van der Waals surface area contributed by atoms with E-state index in [1.54, 1.807) is 0 Å². The molecule has 7 rings (SSSR count). The van der Waals surface area contributed by atoms with Crippen molar-refractivity contribution in [2.75, 3.05) is 27.9 Å². The highest BCUT2D eigenvalue weighted by molar-refractivity contribution is 5.75. The number of aryl methyl sites for hydroxylation is 4. The van der Waals surface area contributed by atoms with Crippen molar-refractivity contribution in [2.45, 2.75) is 40.2 Å². The van der Waals surface area contributed by atoms with Gasteiger partial charge in [-0.05, 0) is 118 Å². The van der Waals surface area contributed by atoms with E-state index >= 15 is 0 Å². The van der Waals surface area contributed by atoms with Crippen LogP contribution in [-0.2, 0) is 6.42 Å². The van der Waals surface area contributed by atoms with Crippen LogP contribution in [-0.4, -0.2) is 12.7 Å². The molecule has 1 unspecified atom stereocenters. The van der Waals surface area contributed by atoms with Crippen LogP contribution < -0.4 is 30.7 Å². The average Bonchev–Trinajstić information content (AvgIpc) is 3.19. The lowest BCUT2D eigenvalue weighted by Crippen LogP contribution is -2.28. The van der Waals surface area contributed by atoms with Gasteiger partial charge in [-0.2, -0.15) is 0 Å². The summed E-state index contributed by atoms with van der Waals surface area (Å²) >= 11 is 0. The Labute approximate surface area is 325 Å². The topological polar surface area (TPSA) is 66.6 Å². The summed E-state index contributed by atoms with van der Waals surface area (Å²) in [5.41, 5.74) is 13.6. The molecular formula is C49H48N4O2. The molecule has 7 aromatic carbocycles. The molecule has 0 aliphatic carbocycles. The van der Waals surface area contributed by atoms with Gasteiger partial charge in [-0.25, -0.2) is 0 Å². The van der Waals surface area contributed by atoms with Crippen molar-refractivity contribution in [3.63, 3.8) is 0 Å². The first-order valence-electron chi connectivity index (χ1n) is 18.8. The number of benzene rings is 7. The van der Waals surface area contributed by atoms with Crippen molar-refractivity contribution in [2.24, 2.45) is 0 Å². The highest BCUT2D eigenvalue weighted by Gasteiger charge is 2.18. The lowest BCUT2D eigenvalue weighted by molar-refractivity contribution is 0.129. The van der Waals surface area contributed by atoms with Gasteiger partial charge in [0.05, 0.1) is 11.4 Å². The number of ether oxygens (including phenoxy) is 2. The third-order valence-electron chi connectivity index (χ3n) is 9.33. The summed E-state index contributed by atoms with van der Waals surface area (Å²) in [7, 11) is 0.